The van der Waals surface area contributed by atoms with Crippen LogP contribution in [0, 0.1) is 6.92 Å². The maximum atomic E-state index is 12.0. The fourth-order valence-electron chi connectivity index (χ4n) is 2.11. The standard InChI is InChI=1S/C12H14N4O/c1-7-4-5-9-8(6-7)13-10-14-12(2,3)15-11(17)16(9)10/h4-6H,1-3H3,(H,13,14)(H,15,17). The van der Waals surface area contributed by atoms with E-state index in [0.717, 1.165) is 16.6 Å². The summed E-state index contributed by atoms with van der Waals surface area (Å²) in [6.45, 7) is 5.81. The lowest BCUT2D eigenvalue weighted by atomic mass is 10.2. The highest BCUT2D eigenvalue weighted by atomic mass is 16.2. The number of carbonyl (C=O) groups excluding carboxylic acids is 1. The molecule has 1 aromatic carbocycles. The molecule has 0 aliphatic carbocycles. The molecule has 0 fully saturated rings. The van der Waals surface area contributed by atoms with Gasteiger partial charge in [-0.05, 0) is 38.5 Å². The largest absolute Gasteiger partial charge is 0.333 e. The van der Waals surface area contributed by atoms with E-state index in [1.807, 2.05) is 39.0 Å². The van der Waals surface area contributed by atoms with Crippen LogP contribution in [0.15, 0.2) is 18.2 Å². The van der Waals surface area contributed by atoms with Crippen molar-refractivity contribution in [2.45, 2.75) is 26.4 Å². The van der Waals surface area contributed by atoms with E-state index < -0.39 is 5.66 Å². The normalized spacial score (nSPS) is 17.5. The maximum absolute atomic E-state index is 12.0. The van der Waals surface area contributed by atoms with Gasteiger partial charge in [0.05, 0.1) is 11.0 Å². The minimum atomic E-state index is -0.469. The van der Waals surface area contributed by atoms with E-state index in [9.17, 15) is 4.79 Å². The predicted octanol–water partition coefficient (Wildman–Crippen LogP) is 2.06. The molecule has 0 radical (unpaired) electrons. The van der Waals surface area contributed by atoms with Crippen molar-refractivity contribution in [2.24, 2.45) is 0 Å². The predicted molar refractivity (Wildman–Crippen MR) is 66.1 cm³/mol. The summed E-state index contributed by atoms with van der Waals surface area (Å²) in [6, 6.07) is 5.73. The number of imidazole rings is 1. The average Bonchev–Trinajstić information content (AvgIpc) is 2.52. The number of fused-ring (bicyclic) bond motifs is 3. The van der Waals surface area contributed by atoms with Crippen molar-refractivity contribution >= 4 is 23.0 Å². The number of benzene rings is 1. The first kappa shape index (κ1) is 10.1. The van der Waals surface area contributed by atoms with Crippen molar-refractivity contribution in [3.8, 4) is 0 Å². The fraction of sp³-hybridized carbons (Fsp3) is 0.333. The third-order valence-corrected chi connectivity index (χ3v) is 2.86. The first-order valence-corrected chi connectivity index (χ1v) is 5.56. The number of anilines is 1. The Bertz CT molecular complexity index is 627. The van der Waals surface area contributed by atoms with E-state index in [4.69, 9.17) is 0 Å². The Morgan fingerprint density at radius 1 is 1.29 bits per heavy atom. The van der Waals surface area contributed by atoms with Gasteiger partial charge in [0.1, 0.15) is 5.66 Å². The molecule has 1 aliphatic rings. The number of hydrogen-bond acceptors (Lipinski definition) is 3. The molecular weight excluding hydrogens is 216 g/mol. The van der Waals surface area contributed by atoms with E-state index in [2.05, 4.69) is 15.6 Å². The molecule has 0 spiro atoms. The van der Waals surface area contributed by atoms with E-state index in [1.165, 1.54) is 0 Å². The Morgan fingerprint density at radius 3 is 2.82 bits per heavy atom. The summed E-state index contributed by atoms with van der Waals surface area (Å²) in [5.41, 5.74) is 2.32. The molecule has 2 heterocycles. The van der Waals surface area contributed by atoms with Crippen molar-refractivity contribution < 1.29 is 4.79 Å². The number of hydrogen-bond donors (Lipinski definition) is 2. The monoisotopic (exact) mass is 230 g/mol. The highest BCUT2D eigenvalue weighted by Crippen LogP contribution is 2.25. The number of rotatable bonds is 0. The Kier molecular flexibility index (Phi) is 1.79. The van der Waals surface area contributed by atoms with Gasteiger partial charge in [0, 0.05) is 0 Å². The van der Waals surface area contributed by atoms with Gasteiger partial charge in [0.25, 0.3) is 0 Å². The van der Waals surface area contributed by atoms with E-state index in [1.54, 1.807) is 4.57 Å². The van der Waals surface area contributed by atoms with Crippen LogP contribution in [-0.4, -0.2) is 21.2 Å². The zero-order valence-electron chi connectivity index (χ0n) is 10.0. The molecule has 88 valence electrons. The van der Waals surface area contributed by atoms with Crippen molar-refractivity contribution in [2.75, 3.05) is 5.32 Å². The van der Waals surface area contributed by atoms with Crippen LogP contribution in [0.25, 0.3) is 11.0 Å². The number of aryl methyl sites for hydroxylation is 1. The Hall–Kier alpha value is -2.04. The summed E-state index contributed by atoms with van der Waals surface area (Å²) in [5, 5.41) is 6.07. The van der Waals surface area contributed by atoms with Crippen LogP contribution in [0.2, 0.25) is 0 Å². The summed E-state index contributed by atoms with van der Waals surface area (Å²) >= 11 is 0. The lowest BCUT2D eigenvalue weighted by Crippen LogP contribution is -2.55. The Labute approximate surface area is 98.8 Å². The van der Waals surface area contributed by atoms with Crippen molar-refractivity contribution in [3.05, 3.63) is 23.8 Å². The van der Waals surface area contributed by atoms with Crippen LogP contribution in [-0.2, 0) is 0 Å². The van der Waals surface area contributed by atoms with E-state index in [0.29, 0.717) is 5.95 Å². The molecule has 0 bridgehead atoms. The van der Waals surface area contributed by atoms with Gasteiger partial charge in [-0.15, -0.1) is 0 Å². The molecule has 1 aromatic heterocycles. The van der Waals surface area contributed by atoms with Crippen LogP contribution in [0.1, 0.15) is 19.4 Å². The molecular formula is C12H14N4O. The van der Waals surface area contributed by atoms with Gasteiger partial charge in [-0.3, -0.25) is 0 Å². The van der Waals surface area contributed by atoms with Gasteiger partial charge < -0.3 is 10.6 Å². The van der Waals surface area contributed by atoms with Crippen LogP contribution >= 0.6 is 0 Å². The number of aromatic nitrogens is 2. The summed E-state index contributed by atoms with van der Waals surface area (Å²) in [6.07, 6.45) is 0. The molecule has 5 nitrogen and oxygen atoms in total. The third-order valence-electron chi connectivity index (χ3n) is 2.86. The van der Waals surface area contributed by atoms with E-state index >= 15 is 0 Å². The quantitative estimate of drug-likeness (QED) is 0.728. The topological polar surface area (TPSA) is 59.0 Å². The van der Waals surface area contributed by atoms with Crippen LogP contribution in [0.5, 0.6) is 0 Å². The Morgan fingerprint density at radius 2 is 2.06 bits per heavy atom. The molecule has 2 N–H and O–H groups in total. The number of nitrogens with one attached hydrogen (secondary N) is 2. The zero-order valence-corrected chi connectivity index (χ0v) is 10.0. The molecule has 0 atom stereocenters. The van der Waals surface area contributed by atoms with Gasteiger partial charge >= 0.3 is 6.03 Å². The molecule has 17 heavy (non-hydrogen) atoms. The molecule has 2 aromatic rings. The molecule has 0 saturated heterocycles. The second-order valence-corrected chi connectivity index (χ2v) is 4.94. The molecule has 1 amide bonds. The fourth-order valence-corrected chi connectivity index (χ4v) is 2.11. The minimum Gasteiger partial charge on any atom is -0.333 e. The van der Waals surface area contributed by atoms with Gasteiger partial charge in [0.2, 0.25) is 5.95 Å². The first-order valence-electron chi connectivity index (χ1n) is 5.56. The van der Waals surface area contributed by atoms with E-state index in [-0.39, 0.29) is 6.03 Å². The van der Waals surface area contributed by atoms with Gasteiger partial charge in [0.15, 0.2) is 0 Å². The van der Waals surface area contributed by atoms with Crippen molar-refractivity contribution in [1.29, 1.82) is 0 Å². The van der Waals surface area contributed by atoms with Gasteiger partial charge in [-0.2, -0.15) is 0 Å². The second-order valence-electron chi connectivity index (χ2n) is 4.94. The molecule has 5 heteroatoms. The zero-order chi connectivity index (χ0) is 12.2. The molecule has 3 rings (SSSR count). The first-order chi connectivity index (χ1) is 7.96. The summed E-state index contributed by atoms with van der Waals surface area (Å²) in [7, 11) is 0. The molecule has 0 unspecified atom stereocenters. The van der Waals surface area contributed by atoms with Crippen molar-refractivity contribution in [1.82, 2.24) is 14.9 Å². The highest BCUT2D eigenvalue weighted by Gasteiger charge is 2.31. The minimum absolute atomic E-state index is 0.143. The third kappa shape index (κ3) is 1.46. The lowest BCUT2D eigenvalue weighted by molar-refractivity contribution is 0.231. The SMILES string of the molecule is Cc1ccc2c(c1)nc1n2C(=O)NC(C)(C)N1. The average molecular weight is 230 g/mol. The van der Waals surface area contributed by atoms with Gasteiger partial charge in [-0.1, -0.05) is 6.07 Å². The number of amides is 1. The van der Waals surface area contributed by atoms with Crippen LogP contribution < -0.4 is 10.6 Å². The second kappa shape index (κ2) is 3.00. The number of carbonyl (C=O) groups is 1. The number of nitrogens with zero attached hydrogens (tertiary/aromatic N) is 2. The van der Waals surface area contributed by atoms with Gasteiger partial charge in [-0.25, -0.2) is 14.3 Å². The summed E-state index contributed by atoms with van der Waals surface area (Å²) in [5.74, 6) is 0.597. The lowest BCUT2D eigenvalue weighted by Gasteiger charge is -2.32. The Balaban J connectivity index is 2.28. The summed E-state index contributed by atoms with van der Waals surface area (Å²) < 4.78 is 1.57. The van der Waals surface area contributed by atoms with Crippen LogP contribution in [0.4, 0.5) is 10.7 Å². The summed E-state index contributed by atoms with van der Waals surface area (Å²) in [4.78, 5) is 16.5. The van der Waals surface area contributed by atoms with Crippen LogP contribution in [0.3, 0.4) is 0 Å². The smallest absolute Gasteiger partial charge is 0.330 e. The molecule has 1 aliphatic heterocycles. The van der Waals surface area contributed by atoms with Crippen molar-refractivity contribution in [3.63, 3.8) is 0 Å². The highest BCUT2D eigenvalue weighted by molar-refractivity contribution is 5.95. The maximum Gasteiger partial charge on any atom is 0.330 e. The molecule has 0 saturated carbocycles.